The Morgan fingerprint density at radius 3 is 2.28 bits per heavy atom. The third-order valence-electron chi connectivity index (χ3n) is 2.95. The number of alkyl halides is 1. The molecule has 0 aromatic heterocycles. The summed E-state index contributed by atoms with van der Waals surface area (Å²) in [4.78, 5) is 0. The van der Waals surface area contributed by atoms with Gasteiger partial charge in [-0.25, -0.2) is 0 Å². The quantitative estimate of drug-likeness (QED) is 0.741. The van der Waals surface area contributed by atoms with Crippen LogP contribution in [0.15, 0.2) is 12.1 Å². The van der Waals surface area contributed by atoms with E-state index in [0.717, 1.165) is 28.9 Å². The van der Waals surface area contributed by atoms with E-state index < -0.39 is 0 Å². The number of benzene rings is 1. The molecule has 0 aliphatic rings. The number of nitrogens with zero attached hydrogens (tertiary/aromatic N) is 1. The predicted octanol–water partition coefficient (Wildman–Crippen LogP) is 4.36. The summed E-state index contributed by atoms with van der Waals surface area (Å²) in [5.41, 5.74) is 2.97. The number of nitriles is 1. The maximum atomic E-state index is 8.95. The monoisotopic (exact) mass is 265 g/mol. The molecule has 1 rings (SSSR count). The zero-order chi connectivity index (χ0) is 13.8. The molecule has 0 aliphatic heterocycles. The molecule has 0 aliphatic carbocycles. The Balaban J connectivity index is 2.72. The van der Waals surface area contributed by atoms with Crippen molar-refractivity contribution in [1.29, 1.82) is 5.26 Å². The second kappa shape index (κ2) is 6.11. The van der Waals surface area contributed by atoms with E-state index in [1.807, 2.05) is 39.8 Å². The molecular weight excluding hydrogens is 246 g/mol. The van der Waals surface area contributed by atoms with Crippen LogP contribution < -0.4 is 4.74 Å². The molecule has 0 unspecified atom stereocenters. The van der Waals surface area contributed by atoms with Gasteiger partial charge in [0.25, 0.3) is 0 Å². The summed E-state index contributed by atoms with van der Waals surface area (Å²) < 4.78 is 5.81. The highest BCUT2D eigenvalue weighted by molar-refractivity contribution is 6.17. The molecule has 0 saturated heterocycles. The predicted molar refractivity (Wildman–Crippen MR) is 75.0 cm³/mol. The Labute approximate surface area is 115 Å². The van der Waals surface area contributed by atoms with Crippen LogP contribution in [0.2, 0.25) is 0 Å². The zero-order valence-corrected chi connectivity index (χ0v) is 12.3. The number of hydrogen-bond donors (Lipinski definition) is 0. The minimum absolute atomic E-state index is 0.335. The average molecular weight is 266 g/mol. The minimum atomic E-state index is -0.335. The van der Waals surface area contributed by atoms with Crippen LogP contribution in [0.5, 0.6) is 5.75 Å². The van der Waals surface area contributed by atoms with E-state index in [1.165, 1.54) is 0 Å². The van der Waals surface area contributed by atoms with Gasteiger partial charge in [0.2, 0.25) is 0 Å². The second-order valence-corrected chi connectivity index (χ2v) is 5.55. The third-order valence-corrected chi connectivity index (χ3v) is 3.26. The summed E-state index contributed by atoms with van der Waals surface area (Å²) in [7, 11) is 0. The average Bonchev–Trinajstić information content (AvgIpc) is 2.32. The first-order valence-electron chi connectivity index (χ1n) is 6.10. The summed E-state index contributed by atoms with van der Waals surface area (Å²) in [5.74, 6) is 1.43. The molecule has 0 fully saturated rings. The lowest BCUT2D eigenvalue weighted by molar-refractivity contribution is 0.261. The SMILES string of the molecule is Cc1cc(CCl)cc(C)c1OCCC(C)(C)C#N. The molecule has 0 radical (unpaired) electrons. The summed E-state index contributed by atoms with van der Waals surface area (Å²) >= 11 is 5.83. The Bertz CT molecular complexity index is 437. The molecule has 2 nitrogen and oxygen atoms in total. The van der Waals surface area contributed by atoms with Crippen LogP contribution in [0.4, 0.5) is 0 Å². The van der Waals surface area contributed by atoms with Crippen molar-refractivity contribution in [3.8, 4) is 11.8 Å². The van der Waals surface area contributed by atoms with Crippen LogP contribution in [-0.4, -0.2) is 6.61 Å². The van der Waals surface area contributed by atoms with Crippen molar-refractivity contribution in [1.82, 2.24) is 0 Å². The van der Waals surface area contributed by atoms with E-state index in [1.54, 1.807) is 0 Å². The van der Waals surface area contributed by atoms with Crippen molar-refractivity contribution in [3.63, 3.8) is 0 Å². The molecule has 0 saturated carbocycles. The fraction of sp³-hybridized carbons (Fsp3) is 0.533. The lowest BCUT2D eigenvalue weighted by atomic mass is 9.92. The van der Waals surface area contributed by atoms with E-state index in [2.05, 4.69) is 6.07 Å². The molecule has 0 amide bonds. The van der Waals surface area contributed by atoms with Gasteiger partial charge in [-0.3, -0.25) is 0 Å². The third kappa shape index (κ3) is 3.92. The number of halogens is 1. The maximum Gasteiger partial charge on any atom is 0.125 e. The van der Waals surface area contributed by atoms with E-state index >= 15 is 0 Å². The summed E-state index contributed by atoms with van der Waals surface area (Å²) in [6.45, 7) is 8.45. The fourth-order valence-corrected chi connectivity index (χ4v) is 1.96. The topological polar surface area (TPSA) is 33.0 Å². The van der Waals surface area contributed by atoms with Crippen LogP contribution in [0.1, 0.15) is 37.0 Å². The van der Waals surface area contributed by atoms with Gasteiger partial charge in [0.05, 0.1) is 18.1 Å². The number of ether oxygens (including phenoxy) is 1. The van der Waals surface area contributed by atoms with Gasteiger partial charge in [0.15, 0.2) is 0 Å². The van der Waals surface area contributed by atoms with E-state index in [0.29, 0.717) is 12.5 Å². The molecule has 0 N–H and O–H groups in total. The van der Waals surface area contributed by atoms with Gasteiger partial charge in [-0.05, 0) is 50.8 Å². The first kappa shape index (κ1) is 14.9. The Kier molecular flexibility index (Phi) is 5.04. The summed E-state index contributed by atoms with van der Waals surface area (Å²) in [5, 5.41) is 8.95. The van der Waals surface area contributed by atoms with Gasteiger partial charge in [0.1, 0.15) is 5.75 Å². The van der Waals surface area contributed by atoms with Gasteiger partial charge in [-0.2, -0.15) is 5.26 Å². The van der Waals surface area contributed by atoms with Crippen molar-refractivity contribution in [2.24, 2.45) is 5.41 Å². The molecule has 18 heavy (non-hydrogen) atoms. The van der Waals surface area contributed by atoms with E-state index in [9.17, 15) is 0 Å². The maximum absolute atomic E-state index is 8.95. The van der Waals surface area contributed by atoms with Crippen molar-refractivity contribution in [3.05, 3.63) is 28.8 Å². The number of hydrogen-bond acceptors (Lipinski definition) is 2. The molecule has 3 heteroatoms. The van der Waals surface area contributed by atoms with Crippen molar-refractivity contribution >= 4 is 11.6 Å². The summed E-state index contributed by atoms with van der Waals surface area (Å²) in [6, 6.07) is 6.37. The molecule has 0 bridgehead atoms. The normalized spacial score (nSPS) is 11.1. The van der Waals surface area contributed by atoms with Crippen molar-refractivity contribution < 1.29 is 4.74 Å². The molecule has 0 atom stereocenters. The molecule has 0 spiro atoms. The highest BCUT2D eigenvalue weighted by Gasteiger charge is 2.17. The van der Waals surface area contributed by atoms with Crippen LogP contribution in [0.25, 0.3) is 0 Å². The first-order valence-corrected chi connectivity index (χ1v) is 6.63. The molecule has 1 aromatic carbocycles. The Morgan fingerprint density at radius 1 is 1.28 bits per heavy atom. The van der Waals surface area contributed by atoms with Crippen molar-refractivity contribution in [2.45, 2.75) is 40.0 Å². The molecular formula is C15H20ClNO. The fourth-order valence-electron chi connectivity index (χ4n) is 1.81. The smallest absolute Gasteiger partial charge is 0.125 e. The van der Waals surface area contributed by atoms with Gasteiger partial charge < -0.3 is 4.74 Å². The zero-order valence-electron chi connectivity index (χ0n) is 11.5. The van der Waals surface area contributed by atoms with Crippen LogP contribution in [-0.2, 0) is 5.88 Å². The van der Waals surface area contributed by atoms with Gasteiger partial charge >= 0.3 is 0 Å². The highest BCUT2D eigenvalue weighted by atomic mass is 35.5. The van der Waals surface area contributed by atoms with Gasteiger partial charge in [0, 0.05) is 5.88 Å². The first-order chi connectivity index (χ1) is 8.39. The summed E-state index contributed by atoms with van der Waals surface area (Å²) in [6.07, 6.45) is 0.722. The largest absolute Gasteiger partial charge is 0.493 e. The standard InChI is InChI=1S/C15H20ClNO/c1-11-7-13(9-16)8-12(2)14(11)18-6-5-15(3,4)10-17/h7-8H,5-6,9H2,1-4H3. The van der Waals surface area contributed by atoms with Gasteiger partial charge in [-0.1, -0.05) is 12.1 Å². The molecule has 98 valence electrons. The van der Waals surface area contributed by atoms with Crippen LogP contribution in [0.3, 0.4) is 0 Å². The molecule has 0 heterocycles. The molecule has 1 aromatic rings. The highest BCUT2D eigenvalue weighted by Crippen LogP contribution is 2.27. The van der Waals surface area contributed by atoms with Gasteiger partial charge in [-0.15, -0.1) is 11.6 Å². The second-order valence-electron chi connectivity index (χ2n) is 5.29. The minimum Gasteiger partial charge on any atom is -0.493 e. The Morgan fingerprint density at radius 2 is 1.83 bits per heavy atom. The van der Waals surface area contributed by atoms with E-state index in [4.69, 9.17) is 21.6 Å². The van der Waals surface area contributed by atoms with Crippen LogP contribution >= 0.6 is 11.6 Å². The van der Waals surface area contributed by atoms with Crippen LogP contribution in [0, 0.1) is 30.6 Å². The van der Waals surface area contributed by atoms with Crippen molar-refractivity contribution in [2.75, 3.05) is 6.61 Å². The number of aryl methyl sites for hydroxylation is 2. The number of rotatable bonds is 5. The Hall–Kier alpha value is -1.20. The lowest BCUT2D eigenvalue weighted by Crippen LogP contribution is -2.13. The lowest BCUT2D eigenvalue weighted by Gasteiger charge is -2.18. The van der Waals surface area contributed by atoms with E-state index in [-0.39, 0.29) is 5.41 Å².